The SMILES string of the molecule is COc1ccc(-c2nnc(NC(=O)c3ccc(NC(=O)c4cc([N+](=O)[O-])cc([N+](=O)[O-])c4)cc3)s2)cc1. The van der Waals surface area contributed by atoms with Crippen molar-refractivity contribution in [1.29, 1.82) is 0 Å². The molecule has 1 aromatic heterocycles. The molecular formula is C23H16N6O7S. The Balaban J connectivity index is 1.42. The van der Waals surface area contributed by atoms with E-state index in [1.165, 1.54) is 35.6 Å². The van der Waals surface area contributed by atoms with E-state index in [2.05, 4.69) is 20.8 Å². The molecule has 2 amide bonds. The van der Waals surface area contributed by atoms with Gasteiger partial charge in [0.05, 0.1) is 28.6 Å². The van der Waals surface area contributed by atoms with Crippen LogP contribution in [0.3, 0.4) is 0 Å². The molecule has 37 heavy (non-hydrogen) atoms. The van der Waals surface area contributed by atoms with Gasteiger partial charge in [0.1, 0.15) is 10.8 Å². The Morgan fingerprint density at radius 2 is 1.41 bits per heavy atom. The molecule has 3 aromatic carbocycles. The van der Waals surface area contributed by atoms with E-state index in [0.29, 0.717) is 15.9 Å². The zero-order valence-corrected chi connectivity index (χ0v) is 19.7. The van der Waals surface area contributed by atoms with Crippen molar-refractivity contribution < 1.29 is 24.2 Å². The monoisotopic (exact) mass is 520 g/mol. The highest BCUT2D eigenvalue weighted by Gasteiger charge is 2.20. The molecule has 14 heteroatoms. The summed E-state index contributed by atoms with van der Waals surface area (Å²) in [6.07, 6.45) is 0. The van der Waals surface area contributed by atoms with Crippen LogP contribution in [0.25, 0.3) is 10.6 Å². The first-order valence-electron chi connectivity index (χ1n) is 10.4. The maximum absolute atomic E-state index is 12.6. The number of carbonyl (C=O) groups is 2. The van der Waals surface area contributed by atoms with Crippen LogP contribution in [0.4, 0.5) is 22.2 Å². The second kappa shape index (κ2) is 10.6. The van der Waals surface area contributed by atoms with Gasteiger partial charge < -0.3 is 10.1 Å². The zero-order chi connectivity index (χ0) is 26.5. The number of anilines is 2. The average Bonchev–Trinajstić information content (AvgIpc) is 3.37. The van der Waals surface area contributed by atoms with Crippen molar-refractivity contribution in [2.75, 3.05) is 17.7 Å². The first-order chi connectivity index (χ1) is 17.7. The smallest absolute Gasteiger partial charge is 0.277 e. The summed E-state index contributed by atoms with van der Waals surface area (Å²) in [7, 11) is 1.57. The largest absolute Gasteiger partial charge is 0.497 e. The molecule has 0 radical (unpaired) electrons. The average molecular weight is 520 g/mol. The first kappa shape index (κ1) is 24.9. The number of amides is 2. The van der Waals surface area contributed by atoms with Gasteiger partial charge in [0.25, 0.3) is 23.2 Å². The standard InChI is InChI=1S/C23H16N6O7S/c1-36-19-8-4-14(5-9-19)22-26-27-23(37-22)25-20(30)13-2-6-16(7-3-13)24-21(31)15-10-17(28(32)33)12-18(11-15)29(34)35/h2-12H,1H3,(H,24,31)(H,25,27,30). The molecule has 4 rings (SSSR count). The second-order valence-electron chi connectivity index (χ2n) is 7.38. The van der Waals surface area contributed by atoms with E-state index in [1.54, 1.807) is 19.2 Å². The van der Waals surface area contributed by atoms with Crippen molar-refractivity contribution in [2.24, 2.45) is 0 Å². The Morgan fingerprint density at radius 1 is 0.811 bits per heavy atom. The summed E-state index contributed by atoms with van der Waals surface area (Å²) in [5.74, 6) is -0.540. The molecule has 0 fully saturated rings. The van der Waals surface area contributed by atoms with Crippen molar-refractivity contribution in [3.8, 4) is 16.3 Å². The number of nitrogens with one attached hydrogen (secondary N) is 2. The fraction of sp³-hybridized carbons (Fsp3) is 0.0435. The number of hydrogen-bond acceptors (Lipinski definition) is 10. The van der Waals surface area contributed by atoms with Crippen molar-refractivity contribution >= 4 is 45.3 Å². The third kappa shape index (κ3) is 5.88. The third-order valence-corrected chi connectivity index (χ3v) is 5.86. The van der Waals surface area contributed by atoms with E-state index in [-0.39, 0.29) is 16.8 Å². The lowest BCUT2D eigenvalue weighted by Gasteiger charge is -2.07. The van der Waals surface area contributed by atoms with Crippen LogP contribution in [0.1, 0.15) is 20.7 Å². The minimum atomic E-state index is -0.824. The number of ether oxygens (including phenoxy) is 1. The highest BCUT2D eigenvalue weighted by molar-refractivity contribution is 7.18. The summed E-state index contributed by atoms with van der Waals surface area (Å²) in [6, 6.07) is 15.7. The van der Waals surface area contributed by atoms with Crippen LogP contribution in [-0.4, -0.2) is 39.0 Å². The first-order valence-corrected chi connectivity index (χ1v) is 11.2. The molecule has 0 atom stereocenters. The molecule has 4 aromatic rings. The van der Waals surface area contributed by atoms with Crippen LogP contribution in [0, 0.1) is 20.2 Å². The van der Waals surface area contributed by atoms with Gasteiger partial charge in [0, 0.05) is 28.9 Å². The molecule has 186 valence electrons. The normalized spacial score (nSPS) is 10.4. The van der Waals surface area contributed by atoms with E-state index in [4.69, 9.17) is 4.74 Å². The van der Waals surface area contributed by atoms with E-state index in [0.717, 1.165) is 23.8 Å². The number of nitro benzene ring substituents is 2. The molecule has 0 saturated carbocycles. The van der Waals surface area contributed by atoms with E-state index >= 15 is 0 Å². The van der Waals surface area contributed by atoms with Crippen LogP contribution < -0.4 is 15.4 Å². The summed E-state index contributed by atoms with van der Waals surface area (Å²) in [4.78, 5) is 45.6. The van der Waals surface area contributed by atoms with Gasteiger partial charge in [-0.15, -0.1) is 10.2 Å². The second-order valence-corrected chi connectivity index (χ2v) is 8.36. The quantitative estimate of drug-likeness (QED) is 0.249. The molecule has 0 unspecified atom stereocenters. The number of methoxy groups -OCH3 is 1. The summed E-state index contributed by atoms with van der Waals surface area (Å²) in [6.45, 7) is 0. The molecule has 2 N–H and O–H groups in total. The van der Waals surface area contributed by atoms with Gasteiger partial charge in [-0.2, -0.15) is 0 Å². The topological polar surface area (TPSA) is 179 Å². The number of aromatic nitrogens is 2. The minimum absolute atomic E-state index is 0.258. The number of carbonyl (C=O) groups excluding carboxylic acids is 2. The summed E-state index contributed by atoms with van der Waals surface area (Å²) >= 11 is 1.19. The Hall–Kier alpha value is -5.24. The van der Waals surface area contributed by atoms with E-state index in [9.17, 15) is 29.8 Å². The predicted octanol–water partition coefficient (Wildman–Crippen LogP) is 4.53. The van der Waals surface area contributed by atoms with Gasteiger partial charge in [-0.3, -0.25) is 35.1 Å². The Labute approximate surface area is 212 Å². The Bertz CT molecular complexity index is 1470. The molecule has 0 spiro atoms. The van der Waals surface area contributed by atoms with Crippen LogP contribution in [0.2, 0.25) is 0 Å². The van der Waals surface area contributed by atoms with E-state index < -0.39 is 33.0 Å². The molecule has 13 nitrogen and oxygen atoms in total. The predicted molar refractivity (Wildman–Crippen MR) is 134 cm³/mol. The van der Waals surface area contributed by atoms with Crippen LogP contribution in [-0.2, 0) is 0 Å². The number of non-ortho nitro benzene ring substituents is 2. The maximum atomic E-state index is 12.6. The Kier molecular flexibility index (Phi) is 7.11. The van der Waals surface area contributed by atoms with Crippen molar-refractivity contribution in [3.05, 3.63) is 98.1 Å². The molecule has 0 saturated heterocycles. The maximum Gasteiger partial charge on any atom is 0.277 e. The fourth-order valence-electron chi connectivity index (χ4n) is 3.14. The minimum Gasteiger partial charge on any atom is -0.497 e. The number of nitrogens with zero attached hydrogens (tertiary/aromatic N) is 4. The highest BCUT2D eigenvalue weighted by atomic mass is 32.1. The number of benzene rings is 3. The van der Waals surface area contributed by atoms with Crippen LogP contribution in [0.15, 0.2) is 66.7 Å². The lowest BCUT2D eigenvalue weighted by molar-refractivity contribution is -0.394. The van der Waals surface area contributed by atoms with Gasteiger partial charge in [-0.05, 0) is 48.5 Å². The van der Waals surface area contributed by atoms with Gasteiger partial charge in [0.15, 0.2) is 0 Å². The third-order valence-electron chi connectivity index (χ3n) is 4.97. The molecule has 0 aliphatic heterocycles. The van der Waals surface area contributed by atoms with E-state index in [1.807, 2.05) is 12.1 Å². The van der Waals surface area contributed by atoms with Gasteiger partial charge in [-0.1, -0.05) is 11.3 Å². The van der Waals surface area contributed by atoms with Crippen molar-refractivity contribution in [2.45, 2.75) is 0 Å². The molecular weight excluding hydrogens is 504 g/mol. The molecule has 1 heterocycles. The highest BCUT2D eigenvalue weighted by Crippen LogP contribution is 2.28. The molecule has 0 aliphatic carbocycles. The van der Waals surface area contributed by atoms with Gasteiger partial charge >= 0.3 is 0 Å². The van der Waals surface area contributed by atoms with Crippen LogP contribution >= 0.6 is 11.3 Å². The van der Waals surface area contributed by atoms with Crippen molar-refractivity contribution in [1.82, 2.24) is 10.2 Å². The van der Waals surface area contributed by atoms with Crippen LogP contribution in [0.5, 0.6) is 5.75 Å². The van der Waals surface area contributed by atoms with Crippen molar-refractivity contribution in [3.63, 3.8) is 0 Å². The summed E-state index contributed by atoms with van der Waals surface area (Å²) in [5, 5.41) is 36.2. The number of rotatable bonds is 8. The molecule has 0 bridgehead atoms. The lowest BCUT2D eigenvalue weighted by atomic mass is 10.1. The van der Waals surface area contributed by atoms with Gasteiger partial charge in [0.2, 0.25) is 5.13 Å². The fourth-order valence-corrected chi connectivity index (χ4v) is 3.88. The zero-order valence-electron chi connectivity index (χ0n) is 18.9. The number of nitro groups is 2. The lowest BCUT2D eigenvalue weighted by Crippen LogP contribution is -2.14. The number of hydrogen-bond donors (Lipinski definition) is 2. The Morgan fingerprint density at radius 3 is 1.97 bits per heavy atom. The summed E-state index contributed by atoms with van der Waals surface area (Å²) < 4.78 is 5.13. The molecule has 0 aliphatic rings. The summed E-state index contributed by atoms with van der Waals surface area (Å²) in [5.41, 5.74) is -0.0744. The van der Waals surface area contributed by atoms with Gasteiger partial charge in [-0.25, -0.2) is 0 Å².